The molecule has 31 heavy (non-hydrogen) atoms. The maximum atomic E-state index is 12.3. The molecule has 2 aromatic carbocycles. The molecule has 0 saturated heterocycles. The highest BCUT2D eigenvalue weighted by molar-refractivity contribution is 6.11. The highest BCUT2D eigenvalue weighted by Gasteiger charge is 2.08. The van der Waals surface area contributed by atoms with Crippen molar-refractivity contribution in [3.63, 3.8) is 0 Å². The topological polar surface area (TPSA) is 62.4 Å². The molecule has 0 saturated carbocycles. The molecule has 5 heteroatoms. The average molecular weight is 417 g/mol. The predicted octanol–water partition coefficient (Wildman–Crippen LogP) is 5.28. The molecule has 0 atom stereocenters. The third-order valence-corrected chi connectivity index (χ3v) is 5.18. The monoisotopic (exact) mass is 416 g/mol. The van der Waals surface area contributed by atoms with Crippen LogP contribution < -0.4 is 9.64 Å². The van der Waals surface area contributed by atoms with Crippen LogP contribution in [0.2, 0.25) is 0 Å². The minimum Gasteiger partial charge on any atom is -0.496 e. The number of hydrogen-bond acceptors (Lipinski definition) is 4. The van der Waals surface area contributed by atoms with Crippen molar-refractivity contribution < 1.29 is 14.3 Å². The average Bonchev–Trinajstić information content (AvgIpc) is 3.25. The van der Waals surface area contributed by atoms with Crippen LogP contribution in [0.4, 0.5) is 5.69 Å². The second kappa shape index (κ2) is 10.4. The number of aromatic nitrogens is 1. The van der Waals surface area contributed by atoms with Gasteiger partial charge in [-0.05, 0) is 67.3 Å². The largest absolute Gasteiger partial charge is 0.496 e. The minimum absolute atomic E-state index is 0.169. The molecule has 0 amide bonds. The number of hydrogen-bond donors (Lipinski definition) is 1. The van der Waals surface area contributed by atoms with E-state index >= 15 is 0 Å². The Morgan fingerprint density at radius 2 is 1.71 bits per heavy atom. The van der Waals surface area contributed by atoms with Crippen LogP contribution in [0.15, 0.2) is 60.8 Å². The summed E-state index contributed by atoms with van der Waals surface area (Å²) in [4.78, 5) is 29.8. The van der Waals surface area contributed by atoms with Gasteiger partial charge in [-0.15, -0.1) is 0 Å². The molecule has 1 N–H and O–H groups in total. The first-order chi connectivity index (χ1) is 15.0. The Morgan fingerprint density at radius 3 is 2.42 bits per heavy atom. The first-order valence-corrected chi connectivity index (χ1v) is 10.5. The van der Waals surface area contributed by atoms with Gasteiger partial charge in [0.2, 0.25) is 0 Å². The van der Waals surface area contributed by atoms with Crippen molar-refractivity contribution in [2.45, 2.75) is 20.3 Å². The molecule has 3 aromatic rings. The fourth-order valence-corrected chi connectivity index (χ4v) is 3.45. The fraction of sp³-hybridized carbons (Fsp3) is 0.231. The van der Waals surface area contributed by atoms with Crippen molar-refractivity contribution >= 4 is 40.3 Å². The maximum Gasteiger partial charge on any atom is 0.163 e. The number of anilines is 1. The van der Waals surface area contributed by atoms with Gasteiger partial charge in [0.1, 0.15) is 5.75 Å². The number of allylic oxidation sites excluding steroid dienone is 2. The molecule has 0 aliphatic rings. The van der Waals surface area contributed by atoms with E-state index < -0.39 is 0 Å². The van der Waals surface area contributed by atoms with E-state index in [-0.39, 0.29) is 18.0 Å². The number of benzene rings is 2. The van der Waals surface area contributed by atoms with Gasteiger partial charge in [0.25, 0.3) is 0 Å². The van der Waals surface area contributed by atoms with E-state index in [1.54, 1.807) is 19.3 Å². The van der Waals surface area contributed by atoms with Crippen molar-refractivity contribution in [3.05, 3.63) is 71.9 Å². The number of aromatic amines is 1. The Kier molecular flexibility index (Phi) is 7.44. The Bertz CT molecular complexity index is 1120. The van der Waals surface area contributed by atoms with E-state index in [0.29, 0.717) is 5.75 Å². The Hall–Kier alpha value is -3.60. The summed E-state index contributed by atoms with van der Waals surface area (Å²) in [5.41, 5.74) is 3.79. The first kappa shape index (κ1) is 22.1. The second-order valence-electron chi connectivity index (χ2n) is 7.20. The van der Waals surface area contributed by atoms with Crippen LogP contribution in [0.1, 0.15) is 31.4 Å². The molecule has 0 aliphatic heterocycles. The van der Waals surface area contributed by atoms with Gasteiger partial charge in [0, 0.05) is 42.1 Å². The van der Waals surface area contributed by atoms with Crippen LogP contribution in [0.5, 0.6) is 5.75 Å². The second-order valence-corrected chi connectivity index (χ2v) is 7.20. The lowest BCUT2D eigenvalue weighted by Gasteiger charge is -2.22. The lowest BCUT2D eigenvalue weighted by atomic mass is 10.1. The van der Waals surface area contributed by atoms with Gasteiger partial charge < -0.3 is 14.6 Å². The normalized spacial score (nSPS) is 11.5. The zero-order chi connectivity index (χ0) is 22.2. The Labute approximate surface area is 183 Å². The highest BCUT2D eigenvalue weighted by atomic mass is 16.5. The maximum absolute atomic E-state index is 12.3. The van der Waals surface area contributed by atoms with Crippen molar-refractivity contribution in [2.75, 3.05) is 25.1 Å². The minimum atomic E-state index is -0.246. The Balaban J connectivity index is 1.62. The molecule has 0 spiro atoms. The number of methoxy groups -OCH3 is 1. The third-order valence-electron chi connectivity index (χ3n) is 5.18. The summed E-state index contributed by atoms with van der Waals surface area (Å²) in [5.74, 6) is 0.216. The van der Waals surface area contributed by atoms with Gasteiger partial charge in [-0.25, -0.2) is 0 Å². The molecule has 1 aromatic heterocycles. The van der Waals surface area contributed by atoms with Crippen LogP contribution in [0.25, 0.3) is 23.1 Å². The number of nitrogens with zero attached hydrogens (tertiary/aromatic N) is 1. The van der Waals surface area contributed by atoms with E-state index in [9.17, 15) is 9.59 Å². The van der Waals surface area contributed by atoms with Gasteiger partial charge in [-0.3, -0.25) is 9.59 Å². The molecule has 0 aliphatic carbocycles. The number of H-pyrrole nitrogens is 1. The molecule has 1 heterocycles. The van der Waals surface area contributed by atoms with Gasteiger partial charge >= 0.3 is 0 Å². The summed E-state index contributed by atoms with van der Waals surface area (Å²) < 4.78 is 5.48. The van der Waals surface area contributed by atoms with E-state index in [0.717, 1.165) is 40.8 Å². The van der Waals surface area contributed by atoms with Crippen molar-refractivity contribution in [3.8, 4) is 5.75 Å². The van der Waals surface area contributed by atoms with Crippen LogP contribution in [0.3, 0.4) is 0 Å². The highest BCUT2D eigenvalue weighted by Crippen LogP contribution is 2.26. The van der Waals surface area contributed by atoms with Gasteiger partial charge in [0.05, 0.1) is 13.5 Å². The molecular formula is C26H28N2O3. The lowest BCUT2D eigenvalue weighted by molar-refractivity contribution is -0.121. The molecule has 3 rings (SSSR count). The number of ether oxygens (including phenoxy) is 1. The molecule has 0 bridgehead atoms. The smallest absolute Gasteiger partial charge is 0.163 e. The summed E-state index contributed by atoms with van der Waals surface area (Å²) >= 11 is 0. The van der Waals surface area contributed by atoms with Crippen molar-refractivity contribution in [1.29, 1.82) is 0 Å². The quantitative estimate of drug-likeness (QED) is 0.361. The summed E-state index contributed by atoms with van der Waals surface area (Å²) in [5, 5.41) is 1.12. The summed E-state index contributed by atoms with van der Waals surface area (Å²) in [7, 11) is 1.61. The molecule has 5 nitrogen and oxygen atoms in total. The number of fused-ring (bicyclic) bond motifs is 1. The third kappa shape index (κ3) is 5.72. The summed E-state index contributed by atoms with van der Waals surface area (Å²) in [6.45, 7) is 6.02. The van der Waals surface area contributed by atoms with Crippen LogP contribution in [-0.4, -0.2) is 36.7 Å². The molecule has 0 radical (unpaired) electrons. The molecule has 160 valence electrons. The number of carbonyl (C=O) groups excluding carboxylic acids is 2. The first-order valence-electron chi connectivity index (χ1n) is 10.5. The van der Waals surface area contributed by atoms with E-state index in [2.05, 4.69) is 23.7 Å². The Morgan fingerprint density at radius 1 is 0.968 bits per heavy atom. The van der Waals surface area contributed by atoms with E-state index in [4.69, 9.17) is 4.74 Å². The zero-order valence-electron chi connectivity index (χ0n) is 18.2. The standard InChI is InChI=1S/C26H28N2O3/c1-4-28(5-2)22-11-9-21(26(17-22)31-3)10-13-24(30)18-23(29)12-7-19-6-8-20-14-15-27-25(20)16-19/h6-17,27H,4-5,18H2,1-3H3. The van der Waals surface area contributed by atoms with Crippen molar-refractivity contribution in [2.24, 2.45) is 0 Å². The van der Waals surface area contributed by atoms with Crippen LogP contribution in [-0.2, 0) is 9.59 Å². The summed E-state index contributed by atoms with van der Waals surface area (Å²) in [6.07, 6.45) is 8.02. The SMILES string of the molecule is CCN(CC)c1ccc(C=CC(=O)CC(=O)C=Cc2ccc3cc[nH]c3c2)c(OC)c1. The van der Waals surface area contributed by atoms with Crippen LogP contribution >= 0.6 is 0 Å². The summed E-state index contributed by atoms with van der Waals surface area (Å²) in [6, 6.07) is 13.8. The van der Waals surface area contributed by atoms with Crippen molar-refractivity contribution in [1.82, 2.24) is 4.98 Å². The predicted molar refractivity (Wildman–Crippen MR) is 128 cm³/mol. The van der Waals surface area contributed by atoms with E-state index in [1.165, 1.54) is 12.2 Å². The number of rotatable bonds is 10. The zero-order valence-corrected chi connectivity index (χ0v) is 18.2. The lowest BCUT2D eigenvalue weighted by Crippen LogP contribution is -2.21. The van der Waals surface area contributed by atoms with Gasteiger partial charge in [-0.1, -0.05) is 18.2 Å². The number of carbonyl (C=O) groups is 2. The fourth-order valence-electron chi connectivity index (χ4n) is 3.45. The van der Waals surface area contributed by atoms with Gasteiger partial charge in [0.15, 0.2) is 11.6 Å². The molecular weight excluding hydrogens is 388 g/mol. The van der Waals surface area contributed by atoms with Crippen LogP contribution in [0, 0.1) is 0 Å². The molecule has 0 unspecified atom stereocenters. The van der Waals surface area contributed by atoms with E-state index in [1.807, 2.05) is 48.7 Å². The number of nitrogens with one attached hydrogen (secondary N) is 1. The number of ketones is 2. The molecule has 0 fully saturated rings. The van der Waals surface area contributed by atoms with Gasteiger partial charge in [-0.2, -0.15) is 0 Å².